The summed E-state index contributed by atoms with van der Waals surface area (Å²) < 4.78 is 12.9. The maximum absolute atomic E-state index is 6.12. The lowest BCUT2D eigenvalue weighted by molar-refractivity contribution is -0.0981. The molecular weight excluding hydrogens is 330 g/mol. The highest BCUT2D eigenvalue weighted by Crippen LogP contribution is 2.36. The molecule has 3 unspecified atom stereocenters. The summed E-state index contributed by atoms with van der Waals surface area (Å²) in [7, 11) is 0. The van der Waals surface area contributed by atoms with Crippen molar-refractivity contribution in [2.24, 2.45) is 5.73 Å². The van der Waals surface area contributed by atoms with Gasteiger partial charge in [-0.25, -0.2) is 0 Å². The number of benzene rings is 2. The lowest BCUT2D eigenvalue weighted by atomic mass is 9.86. The fourth-order valence-corrected chi connectivity index (χ4v) is 3.27. The Morgan fingerprint density at radius 1 is 1.24 bits per heavy atom. The Morgan fingerprint density at radius 3 is 2.81 bits per heavy atom. The van der Waals surface area contributed by atoms with Crippen LogP contribution in [0.5, 0.6) is 5.75 Å². The molecule has 0 amide bonds. The van der Waals surface area contributed by atoms with Crippen LogP contribution in [0, 0.1) is 0 Å². The van der Waals surface area contributed by atoms with Crippen molar-refractivity contribution in [2.75, 3.05) is 6.61 Å². The van der Waals surface area contributed by atoms with Crippen molar-refractivity contribution in [2.45, 2.75) is 38.0 Å². The average Bonchev–Trinajstić information content (AvgIpc) is 2.50. The van der Waals surface area contributed by atoms with E-state index in [-0.39, 0.29) is 18.2 Å². The minimum atomic E-state index is 0.00307. The van der Waals surface area contributed by atoms with Crippen LogP contribution in [0.4, 0.5) is 0 Å². The van der Waals surface area contributed by atoms with Gasteiger partial charge in [-0.05, 0) is 39.2 Å². The molecule has 2 aromatic rings. The smallest absolute Gasteiger partial charge is 0.134 e. The highest BCUT2D eigenvalue weighted by atomic mass is 79.9. The van der Waals surface area contributed by atoms with Gasteiger partial charge in [0.15, 0.2) is 0 Å². The number of hydrogen-bond donors (Lipinski definition) is 1. The predicted octanol–water partition coefficient (Wildman–Crippen LogP) is 3.88. The monoisotopic (exact) mass is 349 g/mol. The van der Waals surface area contributed by atoms with Crippen LogP contribution in [0.2, 0.25) is 0 Å². The number of fused-ring (bicyclic) bond motifs is 1. The first-order chi connectivity index (χ1) is 10.2. The number of nitrogens with two attached hydrogens (primary N) is 1. The third-order valence-corrected chi connectivity index (χ3v) is 4.73. The molecule has 1 fully saturated rings. The fourth-order valence-electron chi connectivity index (χ4n) is 2.68. The lowest BCUT2D eigenvalue weighted by Gasteiger charge is -2.42. The van der Waals surface area contributed by atoms with Gasteiger partial charge >= 0.3 is 0 Å². The molecule has 0 spiro atoms. The van der Waals surface area contributed by atoms with Gasteiger partial charge in [-0.15, -0.1) is 0 Å². The van der Waals surface area contributed by atoms with E-state index < -0.39 is 0 Å². The highest BCUT2D eigenvalue weighted by molar-refractivity contribution is 9.10. The van der Waals surface area contributed by atoms with Crippen LogP contribution >= 0.6 is 15.9 Å². The molecule has 0 bridgehead atoms. The van der Waals surface area contributed by atoms with Gasteiger partial charge in [0.25, 0.3) is 0 Å². The van der Waals surface area contributed by atoms with E-state index in [1.165, 1.54) is 5.39 Å². The molecule has 3 rings (SSSR count). The molecule has 0 aliphatic heterocycles. The topological polar surface area (TPSA) is 44.5 Å². The summed E-state index contributed by atoms with van der Waals surface area (Å²) in [4.78, 5) is 0. The molecule has 3 atom stereocenters. The van der Waals surface area contributed by atoms with E-state index in [1.54, 1.807) is 0 Å². The van der Waals surface area contributed by atoms with Gasteiger partial charge in [-0.1, -0.05) is 37.3 Å². The molecular formula is C17H20BrNO2. The Labute approximate surface area is 133 Å². The van der Waals surface area contributed by atoms with E-state index in [1.807, 2.05) is 18.2 Å². The average molecular weight is 350 g/mol. The molecule has 0 saturated heterocycles. The summed E-state index contributed by atoms with van der Waals surface area (Å²) in [6.45, 7) is 2.83. The molecule has 1 saturated carbocycles. The molecule has 0 heterocycles. The second kappa shape index (κ2) is 6.34. The standard InChI is InChI=1S/C17H20BrNO2/c1-2-9-20-17-13(19)10-15(17)21-14-8-7-11-5-3-4-6-12(11)16(14)18/h3-8,13,15,17H,2,9-10,19H2,1H3. The van der Waals surface area contributed by atoms with E-state index in [2.05, 4.69) is 41.1 Å². The van der Waals surface area contributed by atoms with Crippen molar-refractivity contribution in [3.63, 3.8) is 0 Å². The largest absolute Gasteiger partial charge is 0.486 e. The molecule has 112 valence electrons. The first-order valence-electron chi connectivity index (χ1n) is 7.41. The molecule has 2 N–H and O–H groups in total. The summed E-state index contributed by atoms with van der Waals surface area (Å²) in [5.41, 5.74) is 6.02. The van der Waals surface area contributed by atoms with Crippen molar-refractivity contribution >= 4 is 26.7 Å². The predicted molar refractivity (Wildman–Crippen MR) is 88.7 cm³/mol. The fraction of sp³-hybridized carbons (Fsp3) is 0.412. The van der Waals surface area contributed by atoms with Crippen molar-refractivity contribution in [3.05, 3.63) is 40.9 Å². The Kier molecular flexibility index (Phi) is 4.48. The van der Waals surface area contributed by atoms with Crippen molar-refractivity contribution < 1.29 is 9.47 Å². The van der Waals surface area contributed by atoms with Gasteiger partial charge in [-0.3, -0.25) is 0 Å². The quantitative estimate of drug-likeness (QED) is 0.890. The Bertz CT molecular complexity index is 631. The minimum Gasteiger partial charge on any atom is -0.486 e. The van der Waals surface area contributed by atoms with Crippen LogP contribution in [0.3, 0.4) is 0 Å². The van der Waals surface area contributed by atoms with Gasteiger partial charge in [-0.2, -0.15) is 0 Å². The molecule has 2 aromatic carbocycles. The Balaban J connectivity index is 1.77. The number of halogens is 1. The summed E-state index contributed by atoms with van der Waals surface area (Å²) in [5, 5.41) is 2.35. The number of hydrogen-bond acceptors (Lipinski definition) is 3. The second-order valence-electron chi connectivity index (χ2n) is 5.49. The third-order valence-electron chi connectivity index (χ3n) is 3.91. The summed E-state index contributed by atoms with van der Waals surface area (Å²) in [5.74, 6) is 0.857. The lowest BCUT2D eigenvalue weighted by Crippen LogP contribution is -2.59. The van der Waals surface area contributed by atoms with E-state index in [0.717, 1.165) is 35.1 Å². The maximum atomic E-state index is 6.12. The van der Waals surface area contributed by atoms with Crippen LogP contribution < -0.4 is 10.5 Å². The van der Waals surface area contributed by atoms with Gasteiger partial charge in [0, 0.05) is 19.1 Å². The third kappa shape index (κ3) is 2.93. The van der Waals surface area contributed by atoms with E-state index in [4.69, 9.17) is 15.2 Å². The van der Waals surface area contributed by atoms with Crippen molar-refractivity contribution in [1.29, 1.82) is 0 Å². The number of rotatable bonds is 5. The van der Waals surface area contributed by atoms with Crippen molar-refractivity contribution in [3.8, 4) is 5.75 Å². The van der Waals surface area contributed by atoms with Gasteiger partial charge in [0.2, 0.25) is 0 Å². The molecule has 3 nitrogen and oxygen atoms in total. The van der Waals surface area contributed by atoms with Crippen molar-refractivity contribution in [1.82, 2.24) is 0 Å². The first-order valence-corrected chi connectivity index (χ1v) is 8.21. The molecule has 1 aliphatic carbocycles. The van der Waals surface area contributed by atoms with Gasteiger partial charge < -0.3 is 15.2 Å². The molecule has 1 aliphatic rings. The maximum Gasteiger partial charge on any atom is 0.134 e. The van der Waals surface area contributed by atoms with E-state index in [0.29, 0.717) is 0 Å². The zero-order valence-electron chi connectivity index (χ0n) is 12.1. The first kappa shape index (κ1) is 14.8. The summed E-state index contributed by atoms with van der Waals surface area (Å²) >= 11 is 3.65. The minimum absolute atomic E-state index is 0.00307. The summed E-state index contributed by atoms with van der Waals surface area (Å²) in [6, 6.07) is 12.4. The molecule has 4 heteroatoms. The van der Waals surface area contributed by atoms with Crippen LogP contribution in [-0.4, -0.2) is 24.9 Å². The van der Waals surface area contributed by atoms with Gasteiger partial charge in [0.05, 0.1) is 4.47 Å². The molecule has 0 radical (unpaired) electrons. The molecule has 21 heavy (non-hydrogen) atoms. The molecule has 0 aromatic heterocycles. The van der Waals surface area contributed by atoms with Crippen LogP contribution in [-0.2, 0) is 4.74 Å². The highest BCUT2D eigenvalue weighted by Gasteiger charge is 2.41. The summed E-state index contributed by atoms with van der Waals surface area (Å²) in [6.07, 6.45) is 1.89. The zero-order valence-corrected chi connectivity index (χ0v) is 13.7. The Hall–Kier alpha value is -1.10. The zero-order chi connectivity index (χ0) is 14.8. The second-order valence-corrected chi connectivity index (χ2v) is 6.28. The van der Waals surface area contributed by atoms with E-state index in [9.17, 15) is 0 Å². The van der Waals surface area contributed by atoms with Crippen LogP contribution in [0.25, 0.3) is 10.8 Å². The Morgan fingerprint density at radius 2 is 2.05 bits per heavy atom. The number of ether oxygens (including phenoxy) is 2. The van der Waals surface area contributed by atoms with Gasteiger partial charge in [0.1, 0.15) is 18.0 Å². The van der Waals surface area contributed by atoms with Crippen LogP contribution in [0.1, 0.15) is 19.8 Å². The normalized spacial score (nSPS) is 24.8. The van der Waals surface area contributed by atoms with E-state index >= 15 is 0 Å². The SMILES string of the molecule is CCCOC1C(N)CC1Oc1ccc2ccccc2c1Br. The van der Waals surface area contributed by atoms with Crippen LogP contribution in [0.15, 0.2) is 40.9 Å².